The Balaban J connectivity index is 0.000000292. The van der Waals surface area contributed by atoms with Crippen molar-refractivity contribution in [3.05, 3.63) is 64.7 Å². The lowest BCUT2D eigenvalue weighted by atomic mass is 10.1. The van der Waals surface area contributed by atoms with Gasteiger partial charge in [-0.3, -0.25) is 14.9 Å². The highest BCUT2D eigenvalue weighted by atomic mass is 35.5. The topological polar surface area (TPSA) is 125 Å². The molecule has 0 spiro atoms. The van der Waals surface area contributed by atoms with Crippen LogP contribution in [-0.4, -0.2) is 30.4 Å². The summed E-state index contributed by atoms with van der Waals surface area (Å²) in [4.78, 5) is 32.4. The lowest BCUT2D eigenvalue weighted by Crippen LogP contribution is -2.13. The average Bonchev–Trinajstić information content (AvgIpc) is 2.66. The summed E-state index contributed by atoms with van der Waals surface area (Å²) in [5.74, 6) is 4.32. The Hall–Kier alpha value is -3.21. The second kappa shape index (κ2) is 12.2. The number of carbonyl (C=O) groups excluding carboxylic acids is 3. The lowest BCUT2D eigenvalue weighted by molar-refractivity contribution is 0.0988. The first-order chi connectivity index (χ1) is 13.3. The standard InChI is InChI=1S/C11H9Cl2NO2.C8H8N2O2/c12-6-1-2-7-16-11(15)14-10-5-3-4-9(13)8-10;9-7(11)5-1-2-6(4-3-5)8(10)12/h3-5,8H,6-7H2,(H,14,15);1-4H,(H2,9,11)(H2,10,12). The van der Waals surface area contributed by atoms with Gasteiger partial charge in [-0.15, -0.1) is 11.6 Å². The summed E-state index contributed by atoms with van der Waals surface area (Å²) in [6.07, 6.45) is -0.578. The van der Waals surface area contributed by atoms with E-state index in [0.717, 1.165) is 0 Å². The number of benzene rings is 2. The van der Waals surface area contributed by atoms with Crippen molar-refractivity contribution in [3.63, 3.8) is 0 Å². The van der Waals surface area contributed by atoms with E-state index in [0.29, 0.717) is 21.8 Å². The maximum absolute atomic E-state index is 11.2. The van der Waals surface area contributed by atoms with Gasteiger partial charge in [0.2, 0.25) is 11.8 Å². The zero-order valence-electron chi connectivity index (χ0n) is 14.6. The number of ether oxygens (including phenoxy) is 1. The Labute approximate surface area is 171 Å². The van der Waals surface area contributed by atoms with Crippen LogP contribution in [0.2, 0.25) is 5.02 Å². The van der Waals surface area contributed by atoms with Gasteiger partial charge in [0.05, 0.1) is 5.88 Å². The molecule has 146 valence electrons. The Morgan fingerprint density at radius 2 is 1.54 bits per heavy atom. The summed E-state index contributed by atoms with van der Waals surface area (Å²) in [7, 11) is 0. The lowest BCUT2D eigenvalue weighted by Gasteiger charge is -2.04. The molecule has 0 atom stereocenters. The molecule has 0 aromatic heterocycles. The number of amides is 3. The van der Waals surface area contributed by atoms with Crippen molar-refractivity contribution in [1.82, 2.24) is 0 Å². The second-order valence-electron chi connectivity index (χ2n) is 5.00. The number of halogens is 2. The third kappa shape index (κ3) is 8.94. The van der Waals surface area contributed by atoms with E-state index in [1.807, 2.05) is 0 Å². The molecule has 0 bridgehead atoms. The second-order valence-corrected chi connectivity index (χ2v) is 5.71. The van der Waals surface area contributed by atoms with Gasteiger partial charge in [-0.2, -0.15) is 0 Å². The Morgan fingerprint density at radius 1 is 0.964 bits per heavy atom. The van der Waals surface area contributed by atoms with Crippen LogP contribution >= 0.6 is 23.2 Å². The molecule has 0 aliphatic rings. The third-order valence-corrected chi connectivity index (χ3v) is 3.36. The number of rotatable bonds is 4. The average molecular weight is 422 g/mol. The largest absolute Gasteiger partial charge is 0.436 e. The van der Waals surface area contributed by atoms with Crippen LogP contribution < -0.4 is 16.8 Å². The van der Waals surface area contributed by atoms with E-state index in [2.05, 4.69) is 17.2 Å². The van der Waals surface area contributed by atoms with Gasteiger partial charge in [0.1, 0.15) is 0 Å². The van der Waals surface area contributed by atoms with Crippen LogP contribution in [0, 0.1) is 11.8 Å². The van der Waals surface area contributed by atoms with Gasteiger partial charge >= 0.3 is 6.09 Å². The van der Waals surface area contributed by atoms with E-state index in [1.165, 1.54) is 24.3 Å². The third-order valence-electron chi connectivity index (χ3n) is 2.99. The molecule has 3 amide bonds. The summed E-state index contributed by atoms with van der Waals surface area (Å²) in [6, 6.07) is 12.6. The van der Waals surface area contributed by atoms with Crippen LogP contribution in [0.3, 0.4) is 0 Å². The van der Waals surface area contributed by atoms with Gasteiger partial charge in [0, 0.05) is 21.8 Å². The number of carbonyl (C=O) groups is 3. The number of nitrogens with one attached hydrogen (secondary N) is 1. The Kier molecular flexibility index (Phi) is 9.97. The zero-order valence-corrected chi connectivity index (χ0v) is 16.1. The summed E-state index contributed by atoms with van der Waals surface area (Å²) >= 11 is 11.1. The van der Waals surface area contributed by atoms with Crippen LogP contribution in [0.4, 0.5) is 10.5 Å². The minimum absolute atomic E-state index is 0.0130. The molecule has 2 aromatic rings. The molecule has 0 aliphatic carbocycles. The summed E-state index contributed by atoms with van der Waals surface area (Å²) in [5, 5.41) is 3.05. The minimum Gasteiger partial charge on any atom is -0.436 e. The van der Waals surface area contributed by atoms with Gasteiger partial charge in [0.25, 0.3) is 0 Å². The normalized spacial score (nSPS) is 9.07. The van der Waals surface area contributed by atoms with E-state index in [4.69, 9.17) is 39.4 Å². The molecular formula is C19H17Cl2N3O4. The van der Waals surface area contributed by atoms with E-state index < -0.39 is 17.9 Å². The number of nitrogens with two attached hydrogens (primary N) is 2. The first-order valence-electron chi connectivity index (χ1n) is 7.74. The minimum atomic E-state index is -0.578. The molecule has 2 rings (SSSR count). The molecule has 0 saturated heterocycles. The Bertz CT molecular complexity index is 857. The van der Waals surface area contributed by atoms with Crippen molar-refractivity contribution in [2.75, 3.05) is 17.8 Å². The molecule has 9 heteroatoms. The molecule has 0 saturated carbocycles. The smallest absolute Gasteiger partial charge is 0.412 e. The van der Waals surface area contributed by atoms with Crippen LogP contribution in [0.1, 0.15) is 20.7 Å². The fourth-order valence-corrected chi connectivity index (χ4v) is 2.00. The summed E-state index contributed by atoms with van der Waals surface area (Å²) < 4.78 is 4.76. The molecule has 0 unspecified atom stereocenters. The molecule has 2 aromatic carbocycles. The maximum Gasteiger partial charge on any atom is 0.412 e. The fraction of sp³-hybridized carbons (Fsp3) is 0.105. The zero-order chi connectivity index (χ0) is 20.9. The molecular weight excluding hydrogens is 405 g/mol. The fourth-order valence-electron chi connectivity index (χ4n) is 1.72. The van der Waals surface area contributed by atoms with Gasteiger partial charge in [-0.05, 0) is 42.5 Å². The van der Waals surface area contributed by atoms with Gasteiger partial charge < -0.3 is 16.2 Å². The van der Waals surface area contributed by atoms with Crippen LogP contribution in [0.15, 0.2) is 48.5 Å². The highest BCUT2D eigenvalue weighted by Crippen LogP contribution is 2.14. The molecule has 0 heterocycles. The first kappa shape index (κ1) is 22.8. The van der Waals surface area contributed by atoms with Crippen molar-refractivity contribution in [2.45, 2.75) is 0 Å². The van der Waals surface area contributed by atoms with Crippen molar-refractivity contribution in [2.24, 2.45) is 11.5 Å². The van der Waals surface area contributed by atoms with E-state index >= 15 is 0 Å². The summed E-state index contributed by atoms with van der Waals surface area (Å²) in [5.41, 5.74) is 11.3. The molecule has 28 heavy (non-hydrogen) atoms. The highest BCUT2D eigenvalue weighted by molar-refractivity contribution is 6.30. The predicted molar refractivity (Wildman–Crippen MR) is 108 cm³/mol. The SMILES string of the molecule is NC(=O)c1ccc(C(N)=O)cc1.O=C(Nc1cccc(Cl)c1)OCC#CCCl. The predicted octanol–water partition coefficient (Wildman–Crippen LogP) is 3.02. The van der Waals surface area contributed by atoms with E-state index in [-0.39, 0.29) is 12.5 Å². The van der Waals surface area contributed by atoms with Crippen molar-refractivity contribution in [3.8, 4) is 11.8 Å². The van der Waals surface area contributed by atoms with Gasteiger partial charge in [-0.25, -0.2) is 4.79 Å². The van der Waals surface area contributed by atoms with Crippen molar-refractivity contribution >= 4 is 46.8 Å². The van der Waals surface area contributed by atoms with E-state index in [9.17, 15) is 14.4 Å². The molecule has 5 N–H and O–H groups in total. The number of hydrogen-bond acceptors (Lipinski definition) is 4. The molecule has 0 radical (unpaired) electrons. The summed E-state index contributed by atoms with van der Waals surface area (Å²) in [6.45, 7) is 0.0130. The number of alkyl halides is 1. The van der Waals surface area contributed by atoms with Crippen LogP contribution in [0.5, 0.6) is 0 Å². The first-order valence-corrected chi connectivity index (χ1v) is 8.65. The number of primary amides is 2. The monoisotopic (exact) mass is 421 g/mol. The van der Waals surface area contributed by atoms with Crippen molar-refractivity contribution < 1.29 is 19.1 Å². The van der Waals surface area contributed by atoms with Gasteiger partial charge in [-0.1, -0.05) is 29.5 Å². The van der Waals surface area contributed by atoms with Crippen LogP contribution in [0.25, 0.3) is 0 Å². The molecule has 0 aliphatic heterocycles. The Morgan fingerprint density at radius 3 is 2.00 bits per heavy atom. The molecule has 7 nitrogen and oxygen atoms in total. The maximum atomic E-state index is 11.2. The quantitative estimate of drug-likeness (QED) is 0.518. The highest BCUT2D eigenvalue weighted by Gasteiger charge is 2.02. The van der Waals surface area contributed by atoms with Gasteiger partial charge in [0.15, 0.2) is 6.61 Å². The molecule has 0 fully saturated rings. The number of anilines is 1. The number of hydrogen-bond donors (Lipinski definition) is 3. The van der Waals surface area contributed by atoms with E-state index in [1.54, 1.807) is 24.3 Å². The van der Waals surface area contributed by atoms with Crippen molar-refractivity contribution in [1.29, 1.82) is 0 Å². The van der Waals surface area contributed by atoms with Crippen LogP contribution in [-0.2, 0) is 4.74 Å².